The molecule has 2 aromatic carbocycles. The largest absolute Gasteiger partial charge is 0.176 e. The molecular formula is C29H36Si. The summed E-state index contributed by atoms with van der Waals surface area (Å²) in [5.41, 5.74) is 5.91. The molecule has 2 aliphatic rings. The van der Waals surface area contributed by atoms with Crippen molar-refractivity contribution in [1.29, 1.82) is 0 Å². The van der Waals surface area contributed by atoms with Gasteiger partial charge in [-0.05, 0) is 68.4 Å². The van der Waals surface area contributed by atoms with Crippen LogP contribution in [0.15, 0.2) is 76.7 Å². The van der Waals surface area contributed by atoms with Crippen molar-refractivity contribution in [3.8, 4) is 0 Å². The third kappa shape index (κ3) is 3.69. The molecule has 0 bridgehead atoms. The number of allylic oxidation sites excluding steroid dienone is 6. The fourth-order valence-electron chi connectivity index (χ4n) is 5.74. The molecule has 30 heavy (non-hydrogen) atoms. The lowest BCUT2D eigenvalue weighted by atomic mass is 9.99. The van der Waals surface area contributed by atoms with Crippen molar-refractivity contribution in [1.82, 2.24) is 0 Å². The summed E-state index contributed by atoms with van der Waals surface area (Å²) < 4.78 is 0. The number of hydrogen-bond acceptors (Lipinski definition) is 0. The van der Waals surface area contributed by atoms with Crippen LogP contribution in [0.25, 0.3) is 0 Å². The molecule has 0 N–H and O–H groups in total. The lowest BCUT2D eigenvalue weighted by molar-refractivity contribution is 0.711. The van der Waals surface area contributed by atoms with Gasteiger partial charge in [-0.1, -0.05) is 108 Å². The SMILES string of the molecule is CCCCC1=CC(=CC2=CCCCC2)[Si]1(c1ccccc1)c1c(C)cc(C)cc1C. The monoisotopic (exact) mass is 412 g/mol. The third-order valence-corrected chi connectivity index (χ3v) is 12.2. The first kappa shape index (κ1) is 21.1. The van der Waals surface area contributed by atoms with E-state index in [-0.39, 0.29) is 0 Å². The van der Waals surface area contributed by atoms with Gasteiger partial charge in [0.05, 0.1) is 0 Å². The smallest absolute Gasteiger partial charge is 0.0813 e. The number of unbranched alkanes of at least 4 members (excludes halogenated alkanes) is 1. The highest BCUT2D eigenvalue weighted by Gasteiger charge is 2.50. The molecule has 1 aliphatic carbocycles. The Balaban J connectivity index is 1.98. The van der Waals surface area contributed by atoms with Crippen LogP contribution in [0.4, 0.5) is 0 Å². The average Bonchev–Trinajstić information content (AvgIpc) is 2.74. The molecule has 2 aromatic rings. The normalized spacial score (nSPS) is 22.5. The molecule has 1 heterocycles. The first-order valence-electron chi connectivity index (χ1n) is 11.8. The number of aryl methyl sites for hydroxylation is 3. The van der Waals surface area contributed by atoms with E-state index in [1.807, 2.05) is 0 Å². The molecule has 0 saturated heterocycles. The van der Waals surface area contributed by atoms with E-state index in [1.165, 1.54) is 61.6 Å². The van der Waals surface area contributed by atoms with Gasteiger partial charge in [0.2, 0.25) is 0 Å². The molecule has 1 heteroatoms. The van der Waals surface area contributed by atoms with Crippen LogP contribution in [0.2, 0.25) is 0 Å². The summed E-state index contributed by atoms with van der Waals surface area (Å²) >= 11 is 0. The van der Waals surface area contributed by atoms with Crippen LogP contribution in [0, 0.1) is 20.8 Å². The number of benzene rings is 2. The molecule has 156 valence electrons. The second kappa shape index (κ2) is 8.94. The van der Waals surface area contributed by atoms with E-state index in [4.69, 9.17) is 0 Å². The minimum absolute atomic E-state index is 1.24. The van der Waals surface area contributed by atoms with E-state index in [0.717, 1.165) is 0 Å². The van der Waals surface area contributed by atoms with E-state index >= 15 is 0 Å². The zero-order chi connectivity index (χ0) is 21.1. The summed E-state index contributed by atoms with van der Waals surface area (Å²) in [7, 11) is -2.11. The summed E-state index contributed by atoms with van der Waals surface area (Å²) in [5, 5.41) is 6.57. The zero-order valence-corrected chi connectivity index (χ0v) is 20.2. The molecule has 0 saturated carbocycles. The zero-order valence-electron chi connectivity index (χ0n) is 19.2. The summed E-state index contributed by atoms with van der Waals surface area (Å²) in [6, 6.07) is 16.3. The van der Waals surface area contributed by atoms with E-state index in [0.29, 0.717) is 0 Å². The van der Waals surface area contributed by atoms with Crippen LogP contribution in [0.5, 0.6) is 0 Å². The van der Waals surface area contributed by atoms with Gasteiger partial charge in [0, 0.05) is 0 Å². The highest BCUT2D eigenvalue weighted by atomic mass is 28.3. The van der Waals surface area contributed by atoms with E-state index in [2.05, 4.69) is 88.4 Å². The fourth-order valence-corrected chi connectivity index (χ4v) is 11.2. The van der Waals surface area contributed by atoms with Gasteiger partial charge in [-0.3, -0.25) is 0 Å². The number of rotatable bonds is 6. The van der Waals surface area contributed by atoms with E-state index in [1.54, 1.807) is 26.3 Å². The van der Waals surface area contributed by atoms with Gasteiger partial charge in [0.25, 0.3) is 0 Å². The van der Waals surface area contributed by atoms with Crippen molar-refractivity contribution < 1.29 is 0 Å². The first-order valence-corrected chi connectivity index (χ1v) is 13.8. The van der Waals surface area contributed by atoms with Crippen LogP contribution < -0.4 is 10.4 Å². The van der Waals surface area contributed by atoms with Crippen molar-refractivity contribution in [3.05, 3.63) is 93.3 Å². The van der Waals surface area contributed by atoms with E-state index < -0.39 is 8.07 Å². The van der Waals surface area contributed by atoms with Gasteiger partial charge in [0.1, 0.15) is 0 Å². The van der Waals surface area contributed by atoms with Crippen LogP contribution >= 0.6 is 0 Å². The van der Waals surface area contributed by atoms with Crippen molar-refractivity contribution in [2.75, 3.05) is 0 Å². The van der Waals surface area contributed by atoms with Crippen LogP contribution in [0.1, 0.15) is 68.6 Å². The Morgan fingerprint density at radius 1 is 0.967 bits per heavy atom. The maximum atomic E-state index is 2.59. The molecule has 0 spiro atoms. The van der Waals surface area contributed by atoms with Crippen molar-refractivity contribution in [2.45, 2.75) is 72.6 Å². The molecule has 0 radical (unpaired) electrons. The van der Waals surface area contributed by atoms with Gasteiger partial charge in [-0.25, -0.2) is 0 Å². The Hall–Kier alpha value is -2.12. The van der Waals surface area contributed by atoms with Gasteiger partial charge in [-0.15, -0.1) is 0 Å². The van der Waals surface area contributed by atoms with Crippen molar-refractivity contribution in [3.63, 3.8) is 0 Å². The van der Waals surface area contributed by atoms with Crippen molar-refractivity contribution in [2.24, 2.45) is 0 Å². The number of hydrogen-bond donors (Lipinski definition) is 0. The minimum Gasteiger partial charge on any atom is -0.0813 e. The van der Waals surface area contributed by atoms with Crippen LogP contribution in [-0.2, 0) is 0 Å². The lowest BCUT2D eigenvalue weighted by Gasteiger charge is -2.46. The Morgan fingerprint density at radius 3 is 2.33 bits per heavy atom. The van der Waals surface area contributed by atoms with Gasteiger partial charge in [-0.2, -0.15) is 0 Å². The predicted octanol–water partition coefficient (Wildman–Crippen LogP) is 6.81. The van der Waals surface area contributed by atoms with Gasteiger partial charge in [0.15, 0.2) is 8.07 Å². The lowest BCUT2D eigenvalue weighted by Crippen LogP contribution is -2.67. The average molecular weight is 413 g/mol. The highest BCUT2D eigenvalue weighted by Crippen LogP contribution is 2.40. The molecule has 0 aromatic heterocycles. The molecule has 1 aliphatic heterocycles. The van der Waals surface area contributed by atoms with Gasteiger partial charge < -0.3 is 0 Å². The molecule has 0 amide bonds. The highest BCUT2D eigenvalue weighted by molar-refractivity contribution is 7.15. The topological polar surface area (TPSA) is 0 Å². The standard InChI is InChI=1S/C29H36Si/c1-5-6-15-27-21-28(20-25-13-9-7-10-14-25)30(27,26-16-11-8-12-17-26)29-23(3)18-22(2)19-24(29)4/h8,11-13,16-21H,5-7,9-10,14-15H2,1-4H3. The quantitative estimate of drug-likeness (QED) is 0.457. The molecule has 1 atom stereocenters. The third-order valence-electron chi connectivity index (χ3n) is 6.97. The summed E-state index contributed by atoms with van der Waals surface area (Å²) in [4.78, 5) is 0. The minimum atomic E-state index is -2.11. The first-order chi connectivity index (χ1) is 14.6. The van der Waals surface area contributed by atoms with Crippen molar-refractivity contribution >= 4 is 18.4 Å². The second-order valence-electron chi connectivity index (χ2n) is 9.29. The Kier molecular flexibility index (Phi) is 6.29. The molecule has 1 unspecified atom stereocenters. The Morgan fingerprint density at radius 2 is 1.70 bits per heavy atom. The Bertz CT molecular complexity index is 983. The predicted molar refractivity (Wildman–Crippen MR) is 134 cm³/mol. The molecule has 0 nitrogen and oxygen atoms in total. The van der Waals surface area contributed by atoms with Gasteiger partial charge >= 0.3 is 0 Å². The summed E-state index contributed by atoms with van der Waals surface area (Å²) in [6.07, 6.45) is 16.6. The van der Waals surface area contributed by atoms with E-state index in [9.17, 15) is 0 Å². The van der Waals surface area contributed by atoms with Crippen LogP contribution in [0.3, 0.4) is 0 Å². The summed E-state index contributed by atoms with van der Waals surface area (Å²) in [6.45, 7) is 9.25. The summed E-state index contributed by atoms with van der Waals surface area (Å²) in [5.74, 6) is 0. The molecule has 4 rings (SSSR count). The maximum absolute atomic E-state index is 2.59. The van der Waals surface area contributed by atoms with Crippen LogP contribution in [-0.4, -0.2) is 8.07 Å². The fraction of sp³-hybridized carbons (Fsp3) is 0.379. The molecule has 0 fully saturated rings. The maximum Gasteiger partial charge on any atom is 0.176 e. The molecular weight excluding hydrogens is 376 g/mol. The Labute approximate surface area is 184 Å². The second-order valence-corrected chi connectivity index (χ2v) is 13.1.